The molecule has 0 aliphatic carbocycles. The van der Waals surface area contributed by atoms with Gasteiger partial charge in [0.1, 0.15) is 5.69 Å². The minimum Gasteiger partial charge on any atom is -0.350 e. The molecule has 11 nitrogen and oxygen atoms in total. The van der Waals surface area contributed by atoms with E-state index in [4.69, 9.17) is 23.2 Å². The second kappa shape index (κ2) is 5.66. The molecule has 0 bridgehead atoms. The second-order valence-electron chi connectivity index (χ2n) is 3.71. The van der Waals surface area contributed by atoms with Crippen LogP contribution in [0.15, 0.2) is 16.8 Å². The summed E-state index contributed by atoms with van der Waals surface area (Å²) in [7, 11) is 0. The maximum Gasteiger partial charge on any atom is 0.336 e. The number of carbonyl (C=O) groups is 2. The number of urea groups is 2. The molecule has 0 unspecified atom stereocenters. The van der Waals surface area contributed by atoms with Crippen LogP contribution in [0.4, 0.5) is 21.4 Å². The Labute approximate surface area is 122 Å². The Morgan fingerprint density at radius 2 is 1.76 bits per heavy atom. The Balaban J connectivity index is 2.57. The highest BCUT2D eigenvalue weighted by atomic mass is 32.1. The van der Waals surface area contributed by atoms with E-state index in [0.717, 1.165) is 0 Å². The Hall–Kier alpha value is -2.83. The summed E-state index contributed by atoms with van der Waals surface area (Å²) >= 11 is 1.40. The summed E-state index contributed by atoms with van der Waals surface area (Å²) in [6.45, 7) is 0. The topological polar surface area (TPSA) is 183 Å². The average Bonchev–Trinajstić information content (AvgIpc) is 2.98. The molecule has 0 saturated carbocycles. The van der Waals surface area contributed by atoms with Gasteiger partial charge in [0.2, 0.25) is 0 Å². The number of nitrogens with two attached hydrogens (primary N) is 4. The third kappa shape index (κ3) is 2.86. The number of hydrogen-bond acceptors (Lipinski definition) is 8. The number of hydrogen-bond donors (Lipinski definition) is 4. The van der Waals surface area contributed by atoms with Crippen LogP contribution in [0.1, 0.15) is 0 Å². The molecule has 0 saturated heterocycles. The van der Waals surface area contributed by atoms with Gasteiger partial charge >= 0.3 is 12.1 Å². The van der Waals surface area contributed by atoms with E-state index in [1.165, 1.54) is 11.3 Å². The van der Waals surface area contributed by atoms with Gasteiger partial charge in [-0.15, -0.1) is 10.2 Å². The fraction of sp³-hybridized carbons (Fsp3) is 0. The number of aromatic nitrogens is 3. The van der Waals surface area contributed by atoms with Crippen molar-refractivity contribution in [2.45, 2.75) is 0 Å². The van der Waals surface area contributed by atoms with E-state index in [2.05, 4.69) is 15.2 Å². The van der Waals surface area contributed by atoms with Gasteiger partial charge in [0.15, 0.2) is 5.82 Å². The van der Waals surface area contributed by atoms with Gasteiger partial charge < -0.3 is 11.5 Å². The molecule has 0 spiro atoms. The van der Waals surface area contributed by atoms with Crippen LogP contribution in [-0.2, 0) is 0 Å². The number of rotatable bonds is 3. The van der Waals surface area contributed by atoms with Crippen molar-refractivity contribution < 1.29 is 9.59 Å². The van der Waals surface area contributed by atoms with Crippen LogP contribution in [0.25, 0.3) is 11.3 Å². The highest BCUT2D eigenvalue weighted by Crippen LogP contribution is 2.28. The molecule has 0 radical (unpaired) electrons. The van der Waals surface area contributed by atoms with Crippen LogP contribution in [0.3, 0.4) is 0 Å². The van der Waals surface area contributed by atoms with E-state index in [9.17, 15) is 9.59 Å². The molecule has 2 rings (SSSR count). The van der Waals surface area contributed by atoms with Gasteiger partial charge in [-0.05, 0) is 11.4 Å². The van der Waals surface area contributed by atoms with Crippen molar-refractivity contribution in [3.63, 3.8) is 0 Å². The van der Waals surface area contributed by atoms with Crippen LogP contribution in [0.2, 0.25) is 0 Å². The number of amides is 4. The van der Waals surface area contributed by atoms with Crippen molar-refractivity contribution in [1.29, 1.82) is 0 Å². The first-order valence-corrected chi connectivity index (χ1v) is 6.32. The molecule has 21 heavy (non-hydrogen) atoms. The number of anilines is 2. The lowest BCUT2D eigenvalue weighted by Crippen LogP contribution is -2.45. The zero-order chi connectivity index (χ0) is 15.6. The van der Waals surface area contributed by atoms with Gasteiger partial charge in [-0.2, -0.15) is 21.3 Å². The Morgan fingerprint density at radius 3 is 2.29 bits per heavy atom. The van der Waals surface area contributed by atoms with E-state index in [0.29, 0.717) is 15.6 Å². The zero-order valence-electron chi connectivity index (χ0n) is 10.5. The molecule has 110 valence electrons. The third-order valence-corrected chi connectivity index (χ3v) is 3.05. The molecular weight excluding hydrogens is 298 g/mol. The van der Waals surface area contributed by atoms with Crippen LogP contribution in [0, 0.1) is 0 Å². The van der Waals surface area contributed by atoms with Crippen molar-refractivity contribution in [3.8, 4) is 11.3 Å². The SMILES string of the molecule is NC(=O)N(N)c1nnc(-c2ccsc2)c(N(N)C(N)=O)n1. The molecule has 0 atom stereocenters. The van der Waals surface area contributed by atoms with Gasteiger partial charge in [-0.1, -0.05) is 0 Å². The molecule has 8 N–H and O–H groups in total. The molecule has 0 aliphatic rings. The average molecular weight is 309 g/mol. The number of nitrogens with zero attached hydrogens (tertiary/aromatic N) is 5. The third-order valence-electron chi connectivity index (χ3n) is 2.37. The molecule has 2 aromatic rings. The second-order valence-corrected chi connectivity index (χ2v) is 4.49. The Morgan fingerprint density at radius 1 is 1.10 bits per heavy atom. The maximum atomic E-state index is 11.2. The highest BCUT2D eigenvalue weighted by Gasteiger charge is 2.22. The van der Waals surface area contributed by atoms with Crippen LogP contribution < -0.4 is 33.2 Å². The fourth-order valence-corrected chi connectivity index (χ4v) is 2.01. The van der Waals surface area contributed by atoms with E-state index in [1.807, 2.05) is 0 Å². The van der Waals surface area contributed by atoms with Crippen LogP contribution in [0.5, 0.6) is 0 Å². The molecule has 2 heterocycles. The maximum absolute atomic E-state index is 11.2. The lowest BCUT2D eigenvalue weighted by Gasteiger charge is -2.17. The van der Waals surface area contributed by atoms with Crippen LogP contribution >= 0.6 is 11.3 Å². The Kier molecular flexibility index (Phi) is 3.93. The molecule has 4 amide bonds. The van der Waals surface area contributed by atoms with Gasteiger partial charge in [0, 0.05) is 10.9 Å². The summed E-state index contributed by atoms with van der Waals surface area (Å²) in [6, 6.07) is -0.253. The summed E-state index contributed by atoms with van der Waals surface area (Å²) in [5.41, 5.74) is 11.0. The van der Waals surface area contributed by atoms with Crippen LogP contribution in [-0.4, -0.2) is 27.2 Å². The van der Waals surface area contributed by atoms with Crippen molar-refractivity contribution in [1.82, 2.24) is 15.2 Å². The normalized spacial score (nSPS) is 10.2. The molecule has 0 aliphatic heterocycles. The highest BCUT2D eigenvalue weighted by molar-refractivity contribution is 7.08. The van der Waals surface area contributed by atoms with Crippen molar-refractivity contribution in [2.24, 2.45) is 23.2 Å². The standard InChI is InChI=1S/C9H11N9O2S/c10-7(19)17(12)6-5(4-1-2-21-3-4)15-16-9(14-6)18(13)8(11)20/h1-3H,12-13H2,(H2,10,19)(H2,11,20). The summed E-state index contributed by atoms with van der Waals surface area (Å²) in [5.74, 6) is 10.5. The number of hydrazine groups is 2. The van der Waals surface area contributed by atoms with Crippen molar-refractivity contribution >= 4 is 35.2 Å². The number of thiophene rings is 1. The zero-order valence-corrected chi connectivity index (χ0v) is 11.3. The van der Waals surface area contributed by atoms with Crippen molar-refractivity contribution in [3.05, 3.63) is 16.8 Å². The first-order chi connectivity index (χ1) is 9.91. The Bertz CT molecular complexity index is 674. The summed E-state index contributed by atoms with van der Waals surface area (Å²) < 4.78 is 0. The fourth-order valence-electron chi connectivity index (χ4n) is 1.37. The summed E-state index contributed by atoms with van der Waals surface area (Å²) in [4.78, 5) is 26.1. The summed E-state index contributed by atoms with van der Waals surface area (Å²) in [6.07, 6.45) is 0. The molecule has 2 aromatic heterocycles. The first kappa shape index (κ1) is 14.6. The van der Waals surface area contributed by atoms with Gasteiger partial charge in [-0.25, -0.2) is 26.3 Å². The number of primary amides is 2. The molecule has 12 heteroatoms. The lowest BCUT2D eigenvalue weighted by atomic mass is 10.2. The van der Waals surface area contributed by atoms with Gasteiger partial charge in [-0.3, -0.25) is 0 Å². The minimum atomic E-state index is -1.01. The summed E-state index contributed by atoms with van der Waals surface area (Å²) in [5, 5.41) is 12.1. The minimum absolute atomic E-state index is 0.109. The van der Waals surface area contributed by atoms with E-state index < -0.39 is 12.1 Å². The van der Waals surface area contributed by atoms with E-state index >= 15 is 0 Å². The first-order valence-electron chi connectivity index (χ1n) is 5.37. The lowest BCUT2D eigenvalue weighted by molar-refractivity contribution is 0.253. The smallest absolute Gasteiger partial charge is 0.336 e. The quantitative estimate of drug-likeness (QED) is 0.322. The predicted octanol–water partition coefficient (Wildman–Crippen LogP) is -0.882. The van der Waals surface area contributed by atoms with E-state index in [1.54, 1.807) is 16.8 Å². The molecular formula is C9H11N9O2S. The van der Waals surface area contributed by atoms with Gasteiger partial charge in [0.25, 0.3) is 5.95 Å². The van der Waals surface area contributed by atoms with E-state index in [-0.39, 0.29) is 17.5 Å². The molecule has 0 fully saturated rings. The largest absolute Gasteiger partial charge is 0.350 e. The monoisotopic (exact) mass is 309 g/mol. The van der Waals surface area contributed by atoms with Crippen molar-refractivity contribution in [2.75, 3.05) is 10.0 Å². The van der Waals surface area contributed by atoms with Gasteiger partial charge in [0.05, 0.1) is 0 Å². The number of carbonyl (C=O) groups excluding carboxylic acids is 2. The molecule has 0 aromatic carbocycles. The predicted molar refractivity (Wildman–Crippen MR) is 75.6 cm³/mol.